The van der Waals surface area contributed by atoms with Gasteiger partial charge in [-0.15, -0.1) is 0 Å². The molecular weight excluding hydrogens is 308 g/mol. The molecule has 1 saturated heterocycles. The van der Waals surface area contributed by atoms with E-state index in [4.69, 9.17) is 0 Å². The van der Waals surface area contributed by atoms with E-state index in [1.165, 1.54) is 0 Å². The molecule has 1 N–H and O–H groups in total. The highest BCUT2D eigenvalue weighted by molar-refractivity contribution is 9.10. The highest BCUT2D eigenvalue weighted by Crippen LogP contribution is 2.12. The van der Waals surface area contributed by atoms with E-state index in [1.54, 1.807) is 12.1 Å². The van der Waals surface area contributed by atoms with Crippen molar-refractivity contribution in [1.82, 2.24) is 10.2 Å². The third-order valence-electron chi connectivity index (χ3n) is 3.15. The molecule has 1 aromatic rings. The van der Waals surface area contributed by atoms with Crippen LogP contribution in [0.3, 0.4) is 0 Å². The van der Waals surface area contributed by atoms with Gasteiger partial charge in [-0.2, -0.15) is 0 Å². The number of halogens is 1. The third kappa shape index (κ3) is 3.80. The lowest BCUT2D eigenvalue weighted by molar-refractivity contribution is -0.127. The normalized spacial score (nSPS) is 16.5. The van der Waals surface area contributed by atoms with Crippen LogP contribution in [0.15, 0.2) is 28.7 Å². The topological polar surface area (TPSA) is 49.4 Å². The van der Waals surface area contributed by atoms with Crippen molar-refractivity contribution in [2.45, 2.75) is 25.8 Å². The van der Waals surface area contributed by atoms with E-state index in [2.05, 4.69) is 21.2 Å². The second-order valence-electron chi connectivity index (χ2n) is 4.82. The molecule has 1 aliphatic heterocycles. The molecule has 0 bridgehead atoms. The molecule has 0 radical (unpaired) electrons. The van der Waals surface area contributed by atoms with Crippen LogP contribution < -0.4 is 5.32 Å². The van der Waals surface area contributed by atoms with Crippen LogP contribution in [0.2, 0.25) is 0 Å². The maximum atomic E-state index is 12.0. The van der Waals surface area contributed by atoms with E-state index in [0.717, 1.165) is 17.4 Å². The predicted molar refractivity (Wildman–Crippen MR) is 76.9 cm³/mol. The number of nitrogens with one attached hydrogen (secondary N) is 1. The summed E-state index contributed by atoms with van der Waals surface area (Å²) in [7, 11) is 0. The summed E-state index contributed by atoms with van der Waals surface area (Å²) in [5.41, 5.74) is 0.628. The highest BCUT2D eigenvalue weighted by Gasteiger charge is 2.22. The summed E-state index contributed by atoms with van der Waals surface area (Å²) < 4.78 is 0.944. The first-order valence-corrected chi connectivity index (χ1v) is 7.20. The Hall–Kier alpha value is -1.36. The number of benzene rings is 1. The molecule has 4 nitrogen and oxygen atoms in total. The summed E-state index contributed by atoms with van der Waals surface area (Å²) in [5.74, 6) is 0.0800. The molecule has 1 aromatic carbocycles. The zero-order valence-corrected chi connectivity index (χ0v) is 12.4. The molecule has 0 spiro atoms. The Morgan fingerprint density at radius 3 is 2.68 bits per heavy atom. The number of carbonyl (C=O) groups excluding carboxylic acids is 2. The standard InChI is InChI=1S/C14H17BrN2O2/c1-10(9-17-8-2-3-13(17)18)16-14(19)11-4-6-12(15)7-5-11/h4-7,10H,2-3,8-9H2,1H3,(H,16,19). The predicted octanol–water partition coefficient (Wildman–Crippen LogP) is 2.19. The SMILES string of the molecule is CC(CN1CCCC1=O)NC(=O)c1ccc(Br)cc1. The molecule has 19 heavy (non-hydrogen) atoms. The van der Waals surface area contributed by atoms with Crippen LogP contribution in [0.25, 0.3) is 0 Å². The van der Waals surface area contributed by atoms with E-state index in [-0.39, 0.29) is 17.9 Å². The lowest BCUT2D eigenvalue weighted by Crippen LogP contribution is -2.42. The number of carbonyl (C=O) groups is 2. The van der Waals surface area contributed by atoms with Gasteiger partial charge >= 0.3 is 0 Å². The average molecular weight is 325 g/mol. The van der Waals surface area contributed by atoms with E-state index < -0.39 is 0 Å². The van der Waals surface area contributed by atoms with Crippen molar-refractivity contribution in [3.05, 3.63) is 34.3 Å². The zero-order chi connectivity index (χ0) is 13.8. The summed E-state index contributed by atoms with van der Waals surface area (Å²) in [6.07, 6.45) is 1.56. The first kappa shape index (κ1) is 14.1. The van der Waals surface area contributed by atoms with Crippen molar-refractivity contribution in [3.8, 4) is 0 Å². The fourth-order valence-corrected chi connectivity index (χ4v) is 2.45. The van der Waals surface area contributed by atoms with Crippen LogP contribution in [0.5, 0.6) is 0 Å². The van der Waals surface area contributed by atoms with Crippen molar-refractivity contribution in [2.24, 2.45) is 0 Å². The number of hydrogen-bond donors (Lipinski definition) is 1. The Kier molecular flexibility index (Phi) is 4.58. The average Bonchev–Trinajstić information content (AvgIpc) is 2.75. The molecule has 1 fully saturated rings. The largest absolute Gasteiger partial charge is 0.348 e. The second-order valence-corrected chi connectivity index (χ2v) is 5.74. The third-order valence-corrected chi connectivity index (χ3v) is 3.68. The molecular formula is C14H17BrN2O2. The molecule has 1 atom stereocenters. The maximum absolute atomic E-state index is 12.0. The van der Waals surface area contributed by atoms with Gasteiger partial charge in [0.15, 0.2) is 0 Å². The van der Waals surface area contributed by atoms with Gasteiger partial charge in [0.1, 0.15) is 0 Å². The van der Waals surface area contributed by atoms with E-state index in [0.29, 0.717) is 18.5 Å². The molecule has 1 unspecified atom stereocenters. The summed E-state index contributed by atoms with van der Waals surface area (Å²) in [5, 5.41) is 2.91. The van der Waals surface area contributed by atoms with Crippen LogP contribution in [0.4, 0.5) is 0 Å². The van der Waals surface area contributed by atoms with Crippen molar-refractivity contribution >= 4 is 27.7 Å². The number of amides is 2. The van der Waals surface area contributed by atoms with Gasteiger partial charge in [0, 0.05) is 35.6 Å². The van der Waals surface area contributed by atoms with Gasteiger partial charge in [0.25, 0.3) is 5.91 Å². The van der Waals surface area contributed by atoms with Gasteiger partial charge < -0.3 is 10.2 Å². The summed E-state index contributed by atoms with van der Waals surface area (Å²) >= 11 is 3.33. The van der Waals surface area contributed by atoms with Gasteiger partial charge in [-0.1, -0.05) is 15.9 Å². The van der Waals surface area contributed by atoms with E-state index in [1.807, 2.05) is 24.0 Å². The molecule has 0 aliphatic carbocycles. The molecule has 2 rings (SSSR count). The first-order chi connectivity index (χ1) is 9.06. The fourth-order valence-electron chi connectivity index (χ4n) is 2.18. The Bertz CT molecular complexity index is 473. The fraction of sp³-hybridized carbons (Fsp3) is 0.429. The Labute approximate surface area is 121 Å². The lowest BCUT2D eigenvalue weighted by atomic mass is 10.2. The minimum Gasteiger partial charge on any atom is -0.348 e. The Balaban J connectivity index is 1.87. The van der Waals surface area contributed by atoms with Crippen LogP contribution >= 0.6 is 15.9 Å². The zero-order valence-electron chi connectivity index (χ0n) is 10.9. The minimum atomic E-state index is -0.105. The molecule has 1 aliphatic rings. The van der Waals surface area contributed by atoms with Crippen molar-refractivity contribution in [1.29, 1.82) is 0 Å². The highest BCUT2D eigenvalue weighted by atomic mass is 79.9. The van der Waals surface area contributed by atoms with Crippen LogP contribution in [-0.4, -0.2) is 35.8 Å². The Morgan fingerprint density at radius 2 is 2.11 bits per heavy atom. The molecule has 2 amide bonds. The molecule has 1 heterocycles. The molecule has 0 aromatic heterocycles. The summed E-state index contributed by atoms with van der Waals surface area (Å²) in [4.78, 5) is 25.3. The summed E-state index contributed by atoms with van der Waals surface area (Å²) in [6.45, 7) is 3.31. The van der Waals surface area contributed by atoms with E-state index in [9.17, 15) is 9.59 Å². The number of nitrogens with zero attached hydrogens (tertiary/aromatic N) is 1. The van der Waals surface area contributed by atoms with E-state index >= 15 is 0 Å². The van der Waals surface area contributed by atoms with Crippen molar-refractivity contribution in [2.75, 3.05) is 13.1 Å². The quantitative estimate of drug-likeness (QED) is 0.923. The molecule has 5 heteroatoms. The minimum absolute atomic E-state index is 0.0433. The smallest absolute Gasteiger partial charge is 0.251 e. The number of likely N-dealkylation sites (tertiary alicyclic amines) is 1. The lowest BCUT2D eigenvalue weighted by Gasteiger charge is -2.21. The van der Waals surface area contributed by atoms with Crippen LogP contribution in [0, 0.1) is 0 Å². The number of hydrogen-bond acceptors (Lipinski definition) is 2. The van der Waals surface area contributed by atoms with Crippen LogP contribution in [0.1, 0.15) is 30.1 Å². The molecule has 102 valence electrons. The van der Waals surface area contributed by atoms with Crippen molar-refractivity contribution < 1.29 is 9.59 Å². The van der Waals surface area contributed by atoms with Crippen LogP contribution in [-0.2, 0) is 4.79 Å². The van der Waals surface area contributed by atoms with Gasteiger partial charge in [-0.25, -0.2) is 0 Å². The van der Waals surface area contributed by atoms with Gasteiger partial charge in [0.2, 0.25) is 5.91 Å². The number of rotatable bonds is 4. The Morgan fingerprint density at radius 1 is 1.42 bits per heavy atom. The first-order valence-electron chi connectivity index (χ1n) is 6.40. The second kappa shape index (κ2) is 6.19. The molecule has 0 saturated carbocycles. The maximum Gasteiger partial charge on any atom is 0.251 e. The van der Waals surface area contributed by atoms with Crippen molar-refractivity contribution in [3.63, 3.8) is 0 Å². The van der Waals surface area contributed by atoms with Gasteiger partial charge in [0.05, 0.1) is 0 Å². The van der Waals surface area contributed by atoms with Gasteiger partial charge in [-0.05, 0) is 37.6 Å². The van der Waals surface area contributed by atoms with Gasteiger partial charge in [-0.3, -0.25) is 9.59 Å². The monoisotopic (exact) mass is 324 g/mol. The summed E-state index contributed by atoms with van der Waals surface area (Å²) in [6, 6.07) is 7.17.